The second-order valence-electron chi connectivity index (χ2n) is 7.75. The van der Waals surface area contributed by atoms with E-state index in [-0.39, 0.29) is 5.11 Å². The van der Waals surface area contributed by atoms with Crippen molar-refractivity contribution in [1.29, 1.82) is 0 Å². The van der Waals surface area contributed by atoms with Gasteiger partial charge in [-0.1, -0.05) is 42.5 Å². The van der Waals surface area contributed by atoms with Crippen LogP contribution >= 0.6 is 12.2 Å². The van der Waals surface area contributed by atoms with E-state index < -0.39 is 5.91 Å². The predicted molar refractivity (Wildman–Crippen MR) is 144 cm³/mol. The highest BCUT2D eigenvalue weighted by Crippen LogP contribution is 2.32. The first-order valence-electron chi connectivity index (χ1n) is 11.1. The SMILES string of the molecule is COc1ccc(-c2nc3ccccc3o2)cc1NC(=S)NC(=O)/C=C/c1ccc(-c2ccccc2)o1. The Kier molecular flexibility index (Phi) is 6.59. The van der Waals surface area contributed by atoms with Crippen LogP contribution in [0, 0.1) is 0 Å². The third-order valence-corrected chi connectivity index (χ3v) is 5.51. The maximum atomic E-state index is 12.4. The van der Waals surface area contributed by atoms with Crippen LogP contribution in [0.15, 0.2) is 99.8 Å². The van der Waals surface area contributed by atoms with Gasteiger partial charge in [-0.15, -0.1) is 0 Å². The van der Waals surface area contributed by atoms with Crippen molar-refractivity contribution in [2.24, 2.45) is 0 Å². The summed E-state index contributed by atoms with van der Waals surface area (Å²) >= 11 is 5.34. The zero-order valence-electron chi connectivity index (χ0n) is 19.2. The van der Waals surface area contributed by atoms with Gasteiger partial charge in [0.15, 0.2) is 10.7 Å². The molecule has 0 aliphatic carbocycles. The number of hydrogen-bond donors (Lipinski definition) is 2. The molecule has 2 aromatic heterocycles. The molecule has 1 amide bonds. The van der Waals surface area contributed by atoms with Crippen molar-refractivity contribution < 1.29 is 18.4 Å². The van der Waals surface area contributed by atoms with Gasteiger partial charge in [0.1, 0.15) is 22.8 Å². The van der Waals surface area contributed by atoms with Crippen LogP contribution < -0.4 is 15.4 Å². The number of furan rings is 1. The normalized spacial score (nSPS) is 11.0. The van der Waals surface area contributed by atoms with Gasteiger partial charge in [-0.25, -0.2) is 4.98 Å². The van der Waals surface area contributed by atoms with Crippen molar-refractivity contribution in [3.8, 4) is 28.5 Å². The fourth-order valence-electron chi connectivity index (χ4n) is 3.60. The summed E-state index contributed by atoms with van der Waals surface area (Å²) in [5.41, 5.74) is 3.71. The van der Waals surface area contributed by atoms with Gasteiger partial charge in [-0.05, 0) is 60.8 Å². The van der Waals surface area contributed by atoms with Crippen LogP contribution in [0.4, 0.5) is 5.69 Å². The van der Waals surface area contributed by atoms with Gasteiger partial charge in [-0.2, -0.15) is 0 Å². The van der Waals surface area contributed by atoms with E-state index in [0.29, 0.717) is 28.7 Å². The molecule has 0 saturated carbocycles. The number of nitrogens with one attached hydrogen (secondary N) is 2. The van der Waals surface area contributed by atoms with Crippen LogP contribution in [-0.4, -0.2) is 23.1 Å². The standard InChI is InChI=1S/C28H21N3O4S/c1-33-24-14-11-19(27-29-21-9-5-6-10-25(21)35-27)17-22(24)30-28(36)31-26(32)16-13-20-12-15-23(34-20)18-7-3-2-4-8-18/h2-17H,1H3,(H2,30,31,32,36)/b16-13+. The largest absolute Gasteiger partial charge is 0.495 e. The van der Waals surface area contributed by atoms with Gasteiger partial charge < -0.3 is 18.9 Å². The zero-order valence-corrected chi connectivity index (χ0v) is 20.0. The van der Waals surface area contributed by atoms with E-state index in [9.17, 15) is 4.79 Å². The summed E-state index contributed by atoms with van der Waals surface area (Å²) in [4.78, 5) is 16.9. The molecule has 0 atom stereocenters. The van der Waals surface area contributed by atoms with Crippen molar-refractivity contribution >= 4 is 46.1 Å². The van der Waals surface area contributed by atoms with E-state index in [0.717, 1.165) is 22.4 Å². The zero-order chi connectivity index (χ0) is 24.9. The maximum Gasteiger partial charge on any atom is 0.250 e. The lowest BCUT2D eigenvalue weighted by Gasteiger charge is -2.13. The molecule has 0 spiro atoms. The van der Waals surface area contributed by atoms with Gasteiger partial charge in [-0.3, -0.25) is 10.1 Å². The Morgan fingerprint density at radius 1 is 0.944 bits per heavy atom. The molecule has 7 nitrogen and oxygen atoms in total. The minimum atomic E-state index is -0.403. The molecule has 0 aliphatic heterocycles. The van der Waals surface area contributed by atoms with Crippen LogP contribution in [0.25, 0.3) is 40.0 Å². The van der Waals surface area contributed by atoms with Crippen LogP contribution in [0.5, 0.6) is 5.75 Å². The monoisotopic (exact) mass is 495 g/mol. The van der Waals surface area contributed by atoms with Crippen molar-refractivity contribution in [3.05, 3.63) is 96.8 Å². The van der Waals surface area contributed by atoms with Crippen LogP contribution in [-0.2, 0) is 4.79 Å². The molecule has 5 rings (SSSR count). The number of oxazole rings is 1. The summed E-state index contributed by atoms with van der Waals surface area (Å²) in [7, 11) is 1.55. The average Bonchev–Trinajstić information content (AvgIpc) is 3.55. The highest BCUT2D eigenvalue weighted by atomic mass is 32.1. The molecule has 0 saturated heterocycles. The number of carbonyl (C=O) groups excluding carboxylic acids is 1. The average molecular weight is 496 g/mol. The maximum absolute atomic E-state index is 12.4. The fourth-order valence-corrected chi connectivity index (χ4v) is 3.81. The lowest BCUT2D eigenvalue weighted by Crippen LogP contribution is -2.32. The van der Waals surface area contributed by atoms with Crippen molar-refractivity contribution in [1.82, 2.24) is 10.3 Å². The Balaban J connectivity index is 1.25. The number of aromatic nitrogens is 1. The van der Waals surface area contributed by atoms with Crippen molar-refractivity contribution in [2.75, 3.05) is 12.4 Å². The number of benzene rings is 3. The molecule has 2 heterocycles. The Morgan fingerprint density at radius 2 is 1.75 bits per heavy atom. The second-order valence-corrected chi connectivity index (χ2v) is 8.15. The van der Waals surface area contributed by atoms with Crippen LogP contribution in [0.2, 0.25) is 0 Å². The Hall–Kier alpha value is -4.69. The van der Waals surface area contributed by atoms with E-state index >= 15 is 0 Å². The number of fused-ring (bicyclic) bond motifs is 1. The molecule has 0 fully saturated rings. The van der Waals surface area contributed by atoms with E-state index in [4.69, 9.17) is 25.8 Å². The number of hydrogen-bond acceptors (Lipinski definition) is 6. The molecule has 3 aromatic carbocycles. The first-order valence-corrected chi connectivity index (χ1v) is 11.5. The smallest absolute Gasteiger partial charge is 0.250 e. The Bertz CT molecular complexity index is 1540. The molecule has 5 aromatic rings. The molecule has 8 heteroatoms. The van der Waals surface area contributed by atoms with Crippen molar-refractivity contribution in [3.63, 3.8) is 0 Å². The van der Waals surface area contributed by atoms with E-state index in [1.54, 1.807) is 31.4 Å². The molecule has 2 N–H and O–H groups in total. The number of para-hydroxylation sites is 2. The lowest BCUT2D eigenvalue weighted by atomic mass is 10.2. The second kappa shape index (κ2) is 10.3. The number of nitrogens with zero attached hydrogens (tertiary/aromatic N) is 1. The number of rotatable bonds is 6. The molecular formula is C28H21N3O4S. The predicted octanol–water partition coefficient (Wildman–Crippen LogP) is 6.29. The summed E-state index contributed by atoms with van der Waals surface area (Å²) in [6.07, 6.45) is 2.94. The number of thiocarbonyl (C=S) groups is 1. The number of ether oxygens (including phenoxy) is 1. The minimum absolute atomic E-state index is 0.113. The third kappa shape index (κ3) is 5.18. The van der Waals surface area contributed by atoms with Crippen molar-refractivity contribution in [2.45, 2.75) is 0 Å². The number of carbonyl (C=O) groups is 1. The Labute approximate surface area is 212 Å². The lowest BCUT2D eigenvalue weighted by molar-refractivity contribution is -0.115. The van der Waals surface area contributed by atoms with Crippen LogP contribution in [0.1, 0.15) is 5.76 Å². The molecule has 178 valence electrons. The van der Waals surface area contributed by atoms with Gasteiger partial charge in [0.05, 0.1) is 12.8 Å². The molecular weight excluding hydrogens is 474 g/mol. The number of anilines is 1. The number of methoxy groups -OCH3 is 1. The summed E-state index contributed by atoms with van der Waals surface area (Å²) in [6.45, 7) is 0. The minimum Gasteiger partial charge on any atom is -0.495 e. The molecule has 0 radical (unpaired) electrons. The first kappa shape index (κ1) is 23.1. The topological polar surface area (TPSA) is 89.5 Å². The summed E-state index contributed by atoms with van der Waals surface area (Å²) in [5.74, 6) is 1.88. The van der Waals surface area contributed by atoms with Gasteiger partial charge in [0.25, 0.3) is 0 Å². The molecule has 0 aliphatic rings. The fraction of sp³-hybridized carbons (Fsp3) is 0.0357. The Morgan fingerprint density at radius 3 is 2.56 bits per heavy atom. The molecule has 0 bridgehead atoms. The van der Waals surface area contributed by atoms with Crippen LogP contribution in [0.3, 0.4) is 0 Å². The highest BCUT2D eigenvalue weighted by molar-refractivity contribution is 7.80. The van der Waals surface area contributed by atoms with E-state index in [2.05, 4.69) is 15.6 Å². The van der Waals surface area contributed by atoms with Gasteiger partial charge >= 0.3 is 0 Å². The molecule has 36 heavy (non-hydrogen) atoms. The number of amides is 1. The quantitative estimate of drug-likeness (QED) is 0.211. The van der Waals surface area contributed by atoms with E-state index in [1.807, 2.05) is 66.7 Å². The first-order chi connectivity index (χ1) is 17.6. The summed E-state index contributed by atoms with van der Waals surface area (Å²) in [5, 5.41) is 5.75. The summed E-state index contributed by atoms with van der Waals surface area (Å²) < 4.78 is 17.1. The summed E-state index contributed by atoms with van der Waals surface area (Å²) in [6, 6.07) is 26.3. The third-order valence-electron chi connectivity index (χ3n) is 5.31. The van der Waals surface area contributed by atoms with Gasteiger partial charge in [0, 0.05) is 17.2 Å². The van der Waals surface area contributed by atoms with Gasteiger partial charge in [0.2, 0.25) is 11.8 Å². The molecule has 0 unspecified atom stereocenters. The van der Waals surface area contributed by atoms with E-state index in [1.165, 1.54) is 6.08 Å². The highest BCUT2D eigenvalue weighted by Gasteiger charge is 2.13.